The number of thioether (sulfide) groups is 1. The maximum absolute atomic E-state index is 5.37. The number of nitrogens with zero attached hydrogens (tertiary/aromatic N) is 1. The quantitative estimate of drug-likeness (QED) is 0.665. The van der Waals surface area contributed by atoms with E-state index >= 15 is 0 Å². The van der Waals surface area contributed by atoms with Crippen molar-refractivity contribution < 1.29 is 0 Å². The Kier molecular flexibility index (Phi) is 5.48. The Hall–Kier alpha value is 0.01000. The highest BCUT2D eigenvalue weighted by Gasteiger charge is 2.06. The van der Waals surface area contributed by atoms with E-state index in [9.17, 15) is 0 Å². The van der Waals surface area contributed by atoms with Crippen LogP contribution in [0, 0.1) is 0 Å². The second kappa shape index (κ2) is 6.52. The van der Waals surface area contributed by atoms with Gasteiger partial charge in [-0.15, -0.1) is 0 Å². The summed E-state index contributed by atoms with van der Waals surface area (Å²) in [6, 6.07) is 0. The molecule has 1 aliphatic heterocycles. The molecule has 0 saturated carbocycles. The first-order valence-corrected chi connectivity index (χ1v) is 5.74. The largest absolute Gasteiger partial charge is 0.327 e. The van der Waals surface area contributed by atoms with E-state index in [0.717, 1.165) is 6.54 Å². The minimum Gasteiger partial charge on any atom is -0.327 e. The van der Waals surface area contributed by atoms with Gasteiger partial charge in [0.1, 0.15) is 0 Å². The molecule has 0 atom stereocenters. The molecule has 0 aromatic heterocycles. The highest BCUT2D eigenvalue weighted by atomic mass is 32.2. The lowest BCUT2D eigenvalue weighted by Gasteiger charge is -2.16. The fraction of sp³-hybridized carbons (Fsp3) is 0.778. The second-order valence-electron chi connectivity index (χ2n) is 2.97. The zero-order valence-electron chi connectivity index (χ0n) is 7.54. The van der Waals surface area contributed by atoms with Crippen molar-refractivity contribution in [3.63, 3.8) is 0 Å². The average Bonchev–Trinajstić information content (AvgIpc) is 2.33. The number of hydrogen-bond acceptors (Lipinski definition) is 3. The summed E-state index contributed by atoms with van der Waals surface area (Å²) in [7, 11) is 0. The van der Waals surface area contributed by atoms with Gasteiger partial charge in [-0.2, -0.15) is 11.8 Å². The predicted molar refractivity (Wildman–Crippen MR) is 56.6 cm³/mol. The van der Waals surface area contributed by atoms with Gasteiger partial charge in [-0.25, -0.2) is 0 Å². The molecule has 12 heavy (non-hydrogen) atoms. The molecule has 0 amide bonds. The molecule has 1 fully saturated rings. The third-order valence-electron chi connectivity index (χ3n) is 1.98. The Morgan fingerprint density at radius 3 is 3.00 bits per heavy atom. The lowest BCUT2D eigenvalue weighted by Crippen LogP contribution is -2.26. The van der Waals surface area contributed by atoms with Crippen LogP contribution in [-0.4, -0.2) is 42.6 Å². The third-order valence-corrected chi connectivity index (χ3v) is 3.03. The standard InChI is InChI=1S/C9H18N2S/c10-4-1-2-5-11-6-3-8-12-9-7-11/h1-2H,3-10H2. The van der Waals surface area contributed by atoms with Crippen LogP contribution in [0.2, 0.25) is 0 Å². The van der Waals surface area contributed by atoms with Gasteiger partial charge in [0.2, 0.25) is 0 Å². The molecule has 2 nitrogen and oxygen atoms in total. The van der Waals surface area contributed by atoms with Crippen molar-refractivity contribution in [2.24, 2.45) is 5.73 Å². The van der Waals surface area contributed by atoms with Crippen LogP contribution in [0.4, 0.5) is 0 Å². The molecule has 3 heteroatoms. The topological polar surface area (TPSA) is 29.3 Å². The molecule has 1 rings (SSSR count). The fourth-order valence-electron chi connectivity index (χ4n) is 1.30. The highest BCUT2D eigenvalue weighted by Crippen LogP contribution is 2.09. The van der Waals surface area contributed by atoms with Crippen LogP contribution in [-0.2, 0) is 0 Å². The molecule has 0 unspecified atom stereocenters. The van der Waals surface area contributed by atoms with Crippen LogP contribution in [0.15, 0.2) is 12.2 Å². The zero-order chi connectivity index (χ0) is 8.65. The summed E-state index contributed by atoms with van der Waals surface area (Å²) < 4.78 is 0. The first-order chi connectivity index (χ1) is 5.93. The first-order valence-electron chi connectivity index (χ1n) is 4.58. The Bertz CT molecular complexity index is 128. The summed E-state index contributed by atoms with van der Waals surface area (Å²) >= 11 is 2.07. The van der Waals surface area contributed by atoms with Crippen molar-refractivity contribution in [3.8, 4) is 0 Å². The van der Waals surface area contributed by atoms with Crippen molar-refractivity contribution in [3.05, 3.63) is 12.2 Å². The minimum atomic E-state index is 0.669. The SMILES string of the molecule is NCC=CCN1CCCSCC1. The smallest absolute Gasteiger partial charge is 0.0164 e. The van der Waals surface area contributed by atoms with Gasteiger partial charge in [0, 0.05) is 25.4 Å². The van der Waals surface area contributed by atoms with Gasteiger partial charge in [0.15, 0.2) is 0 Å². The van der Waals surface area contributed by atoms with Crippen LogP contribution >= 0.6 is 11.8 Å². The van der Waals surface area contributed by atoms with Gasteiger partial charge < -0.3 is 5.73 Å². The summed E-state index contributed by atoms with van der Waals surface area (Å²) in [5.74, 6) is 2.62. The Labute approximate surface area is 79.2 Å². The summed E-state index contributed by atoms with van der Waals surface area (Å²) in [6.07, 6.45) is 5.55. The van der Waals surface area contributed by atoms with E-state index in [1.807, 2.05) is 6.08 Å². The number of nitrogens with two attached hydrogens (primary N) is 1. The van der Waals surface area contributed by atoms with Crippen molar-refractivity contribution >= 4 is 11.8 Å². The maximum Gasteiger partial charge on any atom is 0.0164 e. The lowest BCUT2D eigenvalue weighted by atomic mass is 10.4. The first kappa shape index (κ1) is 10.1. The monoisotopic (exact) mass is 186 g/mol. The minimum absolute atomic E-state index is 0.669. The molecule has 1 saturated heterocycles. The fourth-order valence-corrected chi connectivity index (χ4v) is 2.22. The summed E-state index contributed by atoms with van der Waals surface area (Å²) in [6.45, 7) is 4.24. The van der Waals surface area contributed by atoms with Gasteiger partial charge in [-0.05, 0) is 18.7 Å². The summed E-state index contributed by atoms with van der Waals surface area (Å²) in [4.78, 5) is 2.49. The molecule has 0 aliphatic carbocycles. The zero-order valence-corrected chi connectivity index (χ0v) is 8.35. The molecule has 0 radical (unpaired) electrons. The summed E-state index contributed by atoms with van der Waals surface area (Å²) in [5.41, 5.74) is 5.37. The molecule has 1 aliphatic rings. The molecular formula is C9H18N2S. The third kappa shape index (κ3) is 4.14. The number of rotatable bonds is 3. The van der Waals surface area contributed by atoms with E-state index in [4.69, 9.17) is 5.73 Å². The normalized spacial score (nSPS) is 21.4. The van der Waals surface area contributed by atoms with E-state index in [0.29, 0.717) is 6.54 Å². The van der Waals surface area contributed by atoms with E-state index in [-0.39, 0.29) is 0 Å². The van der Waals surface area contributed by atoms with Crippen molar-refractivity contribution in [2.75, 3.05) is 37.7 Å². The van der Waals surface area contributed by atoms with Gasteiger partial charge in [0.25, 0.3) is 0 Å². The van der Waals surface area contributed by atoms with E-state index in [1.54, 1.807) is 0 Å². The van der Waals surface area contributed by atoms with Crippen molar-refractivity contribution in [1.29, 1.82) is 0 Å². The molecular weight excluding hydrogens is 168 g/mol. The Morgan fingerprint density at radius 1 is 1.25 bits per heavy atom. The van der Waals surface area contributed by atoms with Crippen molar-refractivity contribution in [1.82, 2.24) is 4.90 Å². The van der Waals surface area contributed by atoms with Crippen LogP contribution < -0.4 is 5.73 Å². The van der Waals surface area contributed by atoms with Gasteiger partial charge >= 0.3 is 0 Å². The van der Waals surface area contributed by atoms with E-state index in [2.05, 4.69) is 22.7 Å². The molecule has 0 aromatic rings. The maximum atomic E-state index is 5.37. The summed E-state index contributed by atoms with van der Waals surface area (Å²) in [5, 5.41) is 0. The predicted octanol–water partition coefficient (Wildman–Crippen LogP) is 0.940. The molecule has 2 N–H and O–H groups in total. The van der Waals surface area contributed by atoms with Crippen molar-refractivity contribution in [2.45, 2.75) is 6.42 Å². The number of hydrogen-bond donors (Lipinski definition) is 1. The second-order valence-corrected chi connectivity index (χ2v) is 4.20. The Morgan fingerprint density at radius 2 is 2.17 bits per heavy atom. The molecule has 70 valence electrons. The van der Waals surface area contributed by atoms with Crippen LogP contribution in [0.1, 0.15) is 6.42 Å². The molecule has 1 heterocycles. The highest BCUT2D eigenvalue weighted by molar-refractivity contribution is 7.99. The van der Waals surface area contributed by atoms with E-state index < -0.39 is 0 Å². The lowest BCUT2D eigenvalue weighted by molar-refractivity contribution is 0.327. The Balaban J connectivity index is 2.16. The molecule has 0 aromatic carbocycles. The average molecular weight is 186 g/mol. The van der Waals surface area contributed by atoms with Gasteiger partial charge in [-0.1, -0.05) is 12.2 Å². The molecule has 0 bridgehead atoms. The van der Waals surface area contributed by atoms with E-state index in [1.165, 1.54) is 31.0 Å². The van der Waals surface area contributed by atoms with Crippen LogP contribution in [0.25, 0.3) is 0 Å². The van der Waals surface area contributed by atoms with Crippen LogP contribution in [0.3, 0.4) is 0 Å². The molecule has 0 spiro atoms. The van der Waals surface area contributed by atoms with Crippen LogP contribution in [0.5, 0.6) is 0 Å². The van der Waals surface area contributed by atoms with Gasteiger partial charge in [-0.3, -0.25) is 4.90 Å². The van der Waals surface area contributed by atoms with Gasteiger partial charge in [0.05, 0.1) is 0 Å².